The molecule has 0 saturated carbocycles. The highest BCUT2D eigenvalue weighted by Crippen LogP contribution is 2.25. The van der Waals surface area contributed by atoms with Crippen molar-refractivity contribution in [3.05, 3.63) is 34.6 Å². The molecule has 19 heavy (non-hydrogen) atoms. The number of nitrogens with two attached hydrogens (primary N) is 1. The molecule has 1 aliphatic rings. The quantitative estimate of drug-likeness (QED) is 0.898. The van der Waals surface area contributed by atoms with E-state index in [2.05, 4.69) is 0 Å². The van der Waals surface area contributed by atoms with Gasteiger partial charge in [0.2, 0.25) is 5.91 Å². The molecular weight excluding hydrogens is 271 g/mol. The Morgan fingerprint density at radius 3 is 2.58 bits per heavy atom. The topological polar surface area (TPSA) is 63.4 Å². The minimum atomic E-state index is -0.561. The van der Waals surface area contributed by atoms with Crippen LogP contribution in [0.5, 0.6) is 0 Å². The Kier molecular flexibility index (Phi) is 3.75. The lowest BCUT2D eigenvalue weighted by Crippen LogP contribution is -2.32. The first-order chi connectivity index (χ1) is 8.88. The van der Waals surface area contributed by atoms with Crippen LogP contribution in [0.3, 0.4) is 0 Å². The van der Waals surface area contributed by atoms with E-state index in [1.807, 2.05) is 6.92 Å². The monoisotopic (exact) mass is 284 g/mol. The second kappa shape index (κ2) is 5.17. The van der Waals surface area contributed by atoms with Crippen molar-refractivity contribution >= 4 is 23.4 Å². The number of primary amides is 1. The molecule has 0 unspecified atom stereocenters. The van der Waals surface area contributed by atoms with Crippen LogP contribution in [0, 0.1) is 17.7 Å². The highest BCUT2D eigenvalue weighted by molar-refractivity contribution is 6.31. The van der Waals surface area contributed by atoms with Crippen LogP contribution in [0.4, 0.5) is 4.39 Å². The second-order valence-corrected chi connectivity index (χ2v) is 5.29. The van der Waals surface area contributed by atoms with Crippen molar-refractivity contribution in [1.29, 1.82) is 0 Å². The Morgan fingerprint density at radius 2 is 2.05 bits per heavy atom. The number of hydrogen-bond donors (Lipinski definition) is 1. The van der Waals surface area contributed by atoms with Crippen molar-refractivity contribution in [1.82, 2.24) is 4.90 Å². The van der Waals surface area contributed by atoms with E-state index in [1.54, 1.807) is 0 Å². The zero-order chi connectivity index (χ0) is 14.2. The summed E-state index contributed by atoms with van der Waals surface area (Å²) in [6, 6.07) is 3.68. The van der Waals surface area contributed by atoms with Crippen molar-refractivity contribution in [2.24, 2.45) is 17.6 Å². The summed E-state index contributed by atoms with van der Waals surface area (Å²) in [5.74, 6) is -1.66. The number of hydrogen-bond acceptors (Lipinski definition) is 2. The minimum absolute atomic E-state index is 0.00508. The molecule has 1 saturated heterocycles. The number of carbonyl (C=O) groups is 2. The summed E-state index contributed by atoms with van der Waals surface area (Å²) < 4.78 is 13.2. The largest absolute Gasteiger partial charge is 0.369 e. The SMILES string of the molecule is C[C@@H]1CN(C(=O)c2cc(F)cc(Cl)c2)C[C@H]1C(N)=O. The molecule has 1 fully saturated rings. The van der Waals surface area contributed by atoms with Gasteiger partial charge in [0, 0.05) is 23.7 Å². The molecule has 1 aliphatic heterocycles. The zero-order valence-corrected chi connectivity index (χ0v) is 11.2. The van der Waals surface area contributed by atoms with Gasteiger partial charge in [-0.05, 0) is 24.1 Å². The number of nitrogens with zero attached hydrogens (tertiary/aromatic N) is 1. The van der Waals surface area contributed by atoms with E-state index in [0.29, 0.717) is 6.54 Å². The number of carbonyl (C=O) groups excluding carboxylic acids is 2. The molecule has 6 heteroatoms. The van der Waals surface area contributed by atoms with Crippen LogP contribution in [0.15, 0.2) is 18.2 Å². The summed E-state index contributed by atoms with van der Waals surface area (Å²) in [4.78, 5) is 24.9. The van der Waals surface area contributed by atoms with Crippen LogP contribution < -0.4 is 5.73 Å². The van der Waals surface area contributed by atoms with Gasteiger partial charge in [-0.1, -0.05) is 18.5 Å². The smallest absolute Gasteiger partial charge is 0.254 e. The molecule has 0 radical (unpaired) electrons. The highest BCUT2D eigenvalue weighted by atomic mass is 35.5. The average molecular weight is 285 g/mol. The third-order valence-corrected chi connectivity index (χ3v) is 3.59. The first-order valence-electron chi connectivity index (χ1n) is 5.93. The fourth-order valence-corrected chi connectivity index (χ4v) is 2.58. The van der Waals surface area contributed by atoms with Crippen LogP contribution in [-0.4, -0.2) is 29.8 Å². The van der Waals surface area contributed by atoms with Gasteiger partial charge in [0.05, 0.1) is 5.92 Å². The fraction of sp³-hybridized carbons (Fsp3) is 0.385. The number of amides is 2. The Morgan fingerprint density at radius 1 is 1.37 bits per heavy atom. The lowest BCUT2D eigenvalue weighted by atomic mass is 9.98. The van der Waals surface area contributed by atoms with Gasteiger partial charge in [-0.15, -0.1) is 0 Å². The molecule has 1 aromatic rings. The van der Waals surface area contributed by atoms with E-state index < -0.39 is 11.7 Å². The summed E-state index contributed by atoms with van der Waals surface area (Å²) in [5, 5.41) is 0.169. The molecule has 2 rings (SSSR count). The molecule has 0 bridgehead atoms. The third kappa shape index (κ3) is 2.87. The highest BCUT2D eigenvalue weighted by Gasteiger charge is 2.36. The molecule has 1 heterocycles. The lowest BCUT2D eigenvalue weighted by Gasteiger charge is -2.16. The van der Waals surface area contributed by atoms with Crippen LogP contribution >= 0.6 is 11.6 Å². The number of benzene rings is 1. The van der Waals surface area contributed by atoms with Crippen LogP contribution in [-0.2, 0) is 4.79 Å². The normalized spacial score (nSPS) is 22.6. The predicted molar refractivity (Wildman–Crippen MR) is 69.2 cm³/mol. The molecule has 2 amide bonds. The van der Waals surface area contributed by atoms with Gasteiger partial charge in [0.15, 0.2) is 0 Å². The fourth-order valence-electron chi connectivity index (χ4n) is 2.36. The van der Waals surface area contributed by atoms with Gasteiger partial charge >= 0.3 is 0 Å². The van der Waals surface area contributed by atoms with Gasteiger partial charge < -0.3 is 10.6 Å². The predicted octanol–water partition coefficient (Wildman–Crippen LogP) is 1.67. The minimum Gasteiger partial charge on any atom is -0.369 e. The first kappa shape index (κ1) is 13.8. The Balaban J connectivity index is 2.19. The van der Waals surface area contributed by atoms with Crippen molar-refractivity contribution in [2.45, 2.75) is 6.92 Å². The van der Waals surface area contributed by atoms with E-state index >= 15 is 0 Å². The Bertz CT molecular complexity index is 515. The molecule has 0 aromatic heterocycles. The zero-order valence-electron chi connectivity index (χ0n) is 10.4. The summed E-state index contributed by atoms with van der Waals surface area (Å²) in [5.41, 5.74) is 5.46. The van der Waals surface area contributed by atoms with Gasteiger partial charge in [-0.3, -0.25) is 9.59 Å². The second-order valence-electron chi connectivity index (χ2n) is 4.85. The first-order valence-corrected chi connectivity index (χ1v) is 6.31. The number of halogens is 2. The van der Waals surface area contributed by atoms with Crippen molar-refractivity contribution in [3.63, 3.8) is 0 Å². The molecule has 1 aromatic carbocycles. The average Bonchev–Trinajstić information content (AvgIpc) is 2.69. The summed E-state index contributed by atoms with van der Waals surface area (Å²) in [6.07, 6.45) is 0. The van der Waals surface area contributed by atoms with Gasteiger partial charge in [-0.25, -0.2) is 4.39 Å². The van der Waals surface area contributed by atoms with Crippen molar-refractivity contribution in [3.8, 4) is 0 Å². The Labute approximate surface area is 115 Å². The van der Waals surface area contributed by atoms with E-state index in [-0.39, 0.29) is 34.9 Å². The molecule has 0 aliphatic carbocycles. The van der Waals surface area contributed by atoms with Gasteiger partial charge in [-0.2, -0.15) is 0 Å². The lowest BCUT2D eigenvalue weighted by molar-refractivity contribution is -0.122. The summed E-state index contributed by atoms with van der Waals surface area (Å²) >= 11 is 5.72. The van der Waals surface area contributed by atoms with Crippen molar-refractivity contribution < 1.29 is 14.0 Å². The molecule has 4 nitrogen and oxygen atoms in total. The Hall–Kier alpha value is -1.62. The number of rotatable bonds is 2. The van der Waals surface area contributed by atoms with E-state index in [0.717, 1.165) is 12.1 Å². The van der Waals surface area contributed by atoms with Crippen molar-refractivity contribution in [2.75, 3.05) is 13.1 Å². The summed E-state index contributed by atoms with van der Waals surface area (Å²) in [7, 11) is 0. The summed E-state index contributed by atoms with van der Waals surface area (Å²) in [6.45, 7) is 2.56. The van der Waals surface area contributed by atoms with E-state index in [4.69, 9.17) is 17.3 Å². The van der Waals surface area contributed by atoms with Crippen LogP contribution in [0.2, 0.25) is 5.02 Å². The van der Waals surface area contributed by atoms with Crippen LogP contribution in [0.1, 0.15) is 17.3 Å². The van der Waals surface area contributed by atoms with E-state index in [9.17, 15) is 14.0 Å². The van der Waals surface area contributed by atoms with Gasteiger partial charge in [0.1, 0.15) is 5.82 Å². The maximum absolute atomic E-state index is 13.2. The molecule has 0 spiro atoms. The molecule has 2 atom stereocenters. The van der Waals surface area contributed by atoms with Crippen LogP contribution in [0.25, 0.3) is 0 Å². The maximum Gasteiger partial charge on any atom is 0.254 e. The van der Waals surface area contributed by atoms with Gasteiger partial charge in [0.25, 0.3) is 5.91 Å². The third-order valence-electron chi connectivity index (χ3n) is 3.37. The standard InChI is InChI=1S/C13H14ClFN2O2/c1-7-5-17(6-11(7)12(16)18)13(19)8-2-9(14)4-10(15)3-8/h2-4,7,11H,5-6H2,1H3,(H2,16,18)/t7-,11-/m1/s1. The number of likely N-dealkylation sites (tertiary alicyclic amines) is 1. The maximum atomic E-state index is 13.2. The van der Waals surface area contributed by atoms with E-state index in [1.165, 1.54) is 11.0 Å². The molecular formula is C13H14ClFN2O2. The molecule has 2 N–H and O–H groups in total. The molecule has 102 valence electrons.